The van der Waals surface area contributed by atoms with Gasteiger partial charge in [-0.25, -0.2) is 13.4 Å². The summed E-state index contributed by atoms with van der Waals surface area (Å²) in [5, 5.41) is 9.30. The van der Waals surface area contributed by atoms with E-state index in [1.165, 1.54) is 18.3 Å². The quantitative estimate of drug-likeness (QED) is 0.860. The molecule has 21 heavy (non-hydrogen) atoms. The third kappa shape index (κ3) is 2.29. The van der Waals surface area contributed by atoms with E-state index >= 15 is 0 Å². The largest absolute Gasteiger partial charge is 0.480 e. The van der Waals surface area contributed by atoms with Crippen LogP contribution >= 0.6 is 11.6 Å². The van der Waals surface area contributed by atoms with Crippen LogP contribution in [-0.2, 0) is 14.8 Å². The average Bonchev–Trinajstić information content (AvgIpc) is 3.06. The fourth-order valence-electron chi connectivity index (χ4n) is 2.42. The van der Waals surface area contributed by atoms with Crippen LogP contribution < -0.4 is 0 Å². The molecule has 112 valence electrons. The van der Waals surface area contributed by atoms with Crippen LogP contribution in [0.5, 0.6) is 0 Å². The molecule has 9 heteroatoms. The van der Waals surface area contributed by atoms with Crippen molar-refractivity contribution in [2.45, 2.75) is 24.0 Å². The number of carboxylic acid groups (broad SMARTS) is 1. The molecule has 0 saturated carbocycles. The first-order valence-corrected chi connectivity index (χ1v) is 8.02. The summed E-state index contributed by atoms with van der Waals surface area (Å²) in [6.07, 6.45) is 2.19. The van der Waals surface area contributed by atoms with Gasteiger partial charge in [-0.2, -0.15) is 4.31 Å². The van der Waals surface area contributed by atoms with E-state index < -0.39 is 22.0 Å². The van der Waals surface area contributed by atoms with Crippen molar-refractivity contribution < 1.29 is 22.7 Å². The summed E-state index contributed by atoms with van der Waals surface area (Å²) in [7, 11) is -4.01. The molecule has 0 aliphatic carbocycles. The van der Waals surface area contributed by atoms with Gasteiger partial charge in [0.25, 0.3) is 10.0 Å². The summed E-state index contributed by atoms with van der Waals surface area (Å²) in [5.74, 6) is -1.16. The van der Waals surface area contributed by atoms with Gasteiger partial charge in [0, 0.05) is 18.8 Å². The Bertz CT molecular complexity index is 816. The number of furan rings is 1. The Hall–Kier alpha value is -1.64. The maximum absolute atomic E-state index is 12.5. The van der Waals surface area contributed by atoms with Crippen molar-refractivity contribution >= 4 is 38.6 Å². The molecular formula is C12H11ClN2O5S. The monoisotopic (exact) mass is 330 g/mol. The second kappa shape index (κ2) is 4.97. The Kier molecular flexibility index (Phi) is 3.39. The van der Waals surface area contributed by atoms with E-state index in [0.29, 0.717) is 17.4 Å². The van der Waals surface area contributed by atoms with Crippen LogP contribution in [0.25, 0.3) is 11.0 Å². The summed E-state index contributed by atoms with van der Waals surface area (Å²) in [6.45, 7) is 0.155. The normalized spacial score (nSPS) is 20.1. The van der Waals surface area contributed by atoms with Gasteiger partial charge < -0.3 is 9.52 Å². The van der Waals surface area contributed by atoms with Crippen molar-refractivity contribution in [3.8, 4) is 0 Å². The predicted octanol–water partition coefficient (Wildman–Crippen LogP) is 1.72. The maximum Gasteiger partial charge on any atom is 0.322 e. The first-order valence-electron chi connectivity index (χ1n) is 6.20. The second-order valence-electron chi connectivity index (χ2n) is 4.69. The van der Waals surface area contributed by atoms with Crippen molar-refractivity contribution in [1.29, 1.82) is 0 Å². The fraction of sp³-hybridized carbons (Fsp3) is 0.333. The number of nitrogens with zero attached hydrogens (tertiary/aromatic N) is 2. The van der Waals surface area contributed by atoms with Crippen LogP contribution in [0, 0.1) is 0 Å². The predicted molar refractivity (Wildman–Crippen MR) is 73.6 cm³/mol. The molecule has 1 N–H and O–H groups in total. The highest BCUT2D eigenvalue weighted by Gasteiger charge is 2.41. The number of rotatable bonds is 3. The molecule has 0 radical (unpaired) electrons. The van der Waals surface area contributed by atoms with E-state index in [0.717, 1.165) is 4.31 Å². The molecule has 1 saturated heterocycles. The first-order chi connectivity index (χ1) is 9.91. The SMILES string of the molecule is O=C(O)[C@@H]1CCCN1S(=O)(=O)c1cc2c(Cl)nccc2o1. The van der Waals surface area contributed by atoms with Crippen LogP contribution in [0.2, 0.25) is 5.15 Å². The van der Waals surface area contributed by atoms with Crippen LogP contribution in [-0.4, -0.2) is 41.4 Å². The number of aliphatic carboxylic acids is 1. The molecule has 0 spiro atoms. The number of hydrogen-bond donors (Lipinski definition) is 1. The lowest BCUT2D eigenvalue weighted by atomic mass is 10.2. The molecule has 2 aromatic rings. The number of carbonyl (C=O) groups is 1. The standard InChI is InChI=1S/C12H11ClN2O5S/c13-11-7-6-10(20-9(7)3-4-14-11)21(18,19)15-5-1-2-8(15)12(16)17/h3-4,6,8H,1-2,5H2,(H,16,17)/t8-/m0/s1. The van der Waals surface area contributed by atoms with Crippen molar-refractivity contribution in [3.05, 3.63) is 23.5 Å². The lowest BCUT2D eigenvalue weighted by Gasteiger charge is -2.19. The second-order valence-corrected chi connectivity index (χ2v) is 6.87. The Balaban J connectivity index is 2.08. The highest BCUT2D eigenvalue weighted by atomic mass is 35.5. The van der Waals surface area contributed by atoms with Gasteiger partial charge in [0.15, 0.2) is 0 Å². The molecule has 0 aromatic carbocycles. The highest BCUT2D eigenvalue weighted by Crippen LogP contribution is 2.31. The molecule has 1 aliphatic rings. The van der Waals surface area contributed by atoms with E-state index in [4.69, 9.17) is 21.1 Å². The lowest BCUT2D eigenvalue weighted by Crippen LogP contribution is -2.40. The zero-order chi connectivity index (χ0) is 15.2. The van der Waals surface area contributed by atoms with Gasteiger partial charge in [0.05, 0.1) is 5.39 Å². The van der Waals surface area contributed by atoms with Crippen molar-refractivity contribution in [2.24, 2.45) is 0 Å². The lowest BCUT2D eigenvalue weighted by molar-refractivity contribution is -0.140. The van der Waals surface area contributed by atoms with E-state index in [1.54, 1.807) is 0 Å². The molecule has 0 unspecified atom stereocenters. The Morgan fingerprint density at radius 3 is 2.95 bits per heavy atom. The van der Waals surface area contributed by atoms with Crippen molar-refractivity contribution in [1.82, 2.24) is 9.29 Å². The van der Waals surface area contributed by atoms with Crippen molar-refractivity contribution in [2.75, 3.05) is 6.54 Å². The van der Waals surface area contributed by atoms with Gasteiger partial charge in [-0.15, -0.1) is 0 Å². The molecule has 0 amide bonds. The number of pyridine rings is 1. The molecule has 2 aromatic heterocycles. The van der Waals surface area contributed by atoms with Gasteiger partial charge in [0.2, 0.25) is 5.09 Å². The fourth-order valence-corrected chi connectivity index (χ4v) is 4.22. The minimum atomic E-state index is -4.01. The molecule has 1 aliphatic heterocycles. The zero-order valence-corrected chi connectivity index (χ0v) is 12.3. The summed E-state index contributed by atoms with van der Waals surface area (Å²) in [4.78, 5) is 15.0. The highest BCUT2D eigenvalue weighted by molar-refractivity contribution is 7.89. The molecule has 0 bridgehead atoms. The number of aromatic nitrogens is 1. The molecule has 3 rings (SSSR count). The summed E-state index contributed by atoms with van der Waals surface area (Å²) >= 11 is 5.89. The number of carboxylic acids is 1. The minimum absolute atomic E-state index is 0.133. The third-order valence-corrected chi connectivity index (χ3v) is 5.49. The zero-order valence-electron chi connectivity index (χ0n) is 10.7. The van der Waals surface area contributed by atoms with Gasteiger partial charge >= 0.3 is 5.97 Å². The topological polar surface area (TPSA) is 101 Å². The van der Waals surface area contributed by atoms with Crippen molar-refractivity contribution in [3.63, 3.8) is 0 Å². The third-order valence-electron chi connectivity index (χ3n) is 3.43. The van der Waals surface area contributed by atoms with Crippen LogP contribution in [0.1, 0.15) is 12.8 Å². The van der Waals surface area contributed by atoms with Gasteiger partial charge in [-0.05, 0) is 18.9 Å². The van der Waals surface area contributed by atoms with E-state index in [2.05, 4.69) is 4.98 Å². The molecule has 3 heterocycles. The Morgan fingerprint density at radius 1 is 1.52 bits per heavy atom. The number of fused-ring (bicyclic) bond motifs is 1. The summed E-state index contributed by atoms with van der Waals surface area (Å²) < 4.78 is 31.3. The van der Waals surface area contributed by atoms with E-state index in [-0.39, 0.29) is 23.2 Å². The Morgan fingerprint density at radius 2 is 2.29 bits per heavy atom. The number of halogens is 1. The Labute approximate surface area is 125 Å². The number of hydrogen-bond acceptors (Lipinski definition) is 5. The maximum atomic E-state index is 12.5. The summed E-state index contributed by atoms with van der Waals surface area (Å²) in [6, 6.07) is 1.72. The van der Waals surface area contributed by atoms with Crippen LogP contribution in [0.15, 0.2) is 27.8 Å². The van der Waals surface area contributed by atoms with E-state index in [9.17, 15) is 13.2 Å². The number of sulfonamides is 1. The molecular weight excluding hydrogens is 320 g/mol. The minimum Gasteiger partial charge on any atom is -0.480 e. The molecule has 1 atom stereocenters. The van der Waals surface area contributed by atoms with Gasteiger partial charge in [0.1, 0.15) is 16.8 Å². The van der Waals surface area contributed by atoms with Crippen LogP contribution in [0.4, 0.5) is 0 Å². The van der Waals surface area contributed by atoms with Gasteiger partial charge in [-0.3, -0.25) is 4.79 Å². The first kappa shape index (κ1) is 14.3. The van der Waals surface area contributed by atoms with Crippen LogP contribution in [0.3, 0.4) is 0 Å². The molecule has 7 nitrogen and oxygen atoms in total. The van der Waals surface area contributed by atoms with Gasteiger partial charge in [-0.1, -0.05) is 11.6 Å². The molecule has 1 fully saturated rings. The summed E-state index contributed by atoms with van der Waals surface area (Å²) in [5.41, 5.74) is 0.291. The van der Waals surface area contributed by atoms with E-state index in [1.807, 2.05) is 0 Å². The smallest absolute Gasteiger partial charge is 0.322 e. The average molecular weight is 331 g/mol.